The van der Waals surface area contributed by atoms with E-state index in [4.69, 9.17) is 17.0 Å². The zero-order valence-electron chi connectivity index (χ0n) is 14.6. The lowest BCUT2D eigenvalue weighted by atomic mass is 10.2. The molecule has 0 saturated carbocycles. The van der Waals surface area contributed by atoms with Gasteiger partial charge in [0.2, 0.25) is 0 Å². The molecule has 2 unspecified atom stereocenters. The summed E-state index contributed by atoms with van der Waals surface area (Å²) in [5.41, 5.74) is 2.40. The van der Waals surface area contributed by atoms with E-state index in [2.05, 4.69) is 38.1 Å². The molecule has 0 heterocycles. The van der Waals surface area contributed by atoms with Gasteiger partial charge in [0.25, 0.3) is 0 Å². The highest BCUT2D eigenvalue weighted by atomic mass is 31.1. The lowest BCUT2D eigenvalue weighted by molar-refractivity contribution is 0.0643. The third-order valence-electron chi connectivity index (χ3n) is 3.74. The van der Waals surface area contributed by atoms with E-state index in [1.807, 2.05) is 36.4 Å². The molecular weight excluding hydrogens is 314 g/mol. The Hall–Kier alpha value is -1.15. The molecule has 2 rings (SSSR count). The Balaban J connectivity index is 1.63. The summed E-state index contributed by atoms with van der Waals surface area (Å²) in [6.07, 6.45) is 2.15. The third-order valence-corrected chi connectivity index (χ3v) is 5.70. The normalized spacial score (nSPS) is 14.9. The summed E-state index contributed by atoms with van der Waals surface area (Å²) in [6.45, 7) is 5.48. The number of hydrogen-bond acceptors (Lipinski definition) is 2. The van der Waals surface area contributed by atoms with Crippen molar-refractivity contribution < 1.29 is 9.47 Å². The van der Waals surface area contributed by atoms with Crippen LogP contribution in [0.1, 0.15) is 25.0 Å². The van der Waals surface area contributed by atoms with Crippen molar-refractivity contribution >= 4 is 15.4 Å². The minimum atomic E-state index is -0.570. The van der Waals surface area contributed by atoms with Crippen molar-refractivity contribution in [2.75, 3.05) is 12.3 Å². The Bertz CT molecular complexity index is 513. The van der Waals surface area contributed by atoms with Crippen molar-refractivity contribution in [3.8, 4) is 0 Å². The first kappa shape index (κ1) is 19.2. The summed E-state index contributed by atoms with van der Waals surface area (Å²) in [6, 6.07) is 20.5. The highest BCUT2D eigenvalue weighted by Gasteiger charge is 2.12. The van der Waals surface area contributed by atoms with Crippen LogP contribution in [0, 0.1) is 0 Å². The maximum absolute atomic E-state index is 6.32. The van der Waals surface area contributed by atoms with Gasteiger partial charge < -0.3 is 9.47 Å². The van der Waals surface area contributed by atoms with Crippen LogP contribution in [0.15, 0.2) is 60.7 Å². The van der Waals surface area contributed by atoms with Crippen LogP contribution in [0.4, 0.5) is 0 Å². The van der Waals surface area contributed by atoms with Crippen LogP contribution in [-0.4, -0.2) is 32.1 Å². The molecule has 2 aromatic carbocycles. The zero-order chi connectivity index (χ0) is 17.2. The Morgan fingerprint density at radius 2 is 1.12 bits per heavy atom. The zero-order valence-corrected chi connectivity index (χ0v) is 15.5. The standard InChI is InChI=1S/C20H26BO2P/c1-17(22-13-19-9-5-3-6-10-19)15-24(21)16-18(2)23-14-20-11-7-4-8-12-20/h3-12,17-18H,13-16H2,1-2H3. The van der Waals surface area contributed by atoms with Gasteiger partial charge in [-0.1, -0.05) is 60.7 Å². The Kier molecular flexibility index (Phi) is 8.52. The van der Waals surface area contributed by atoms with Gasteiger partial charge in [0.15, 0.2) is 0 Å². The summed E-state index contributed by atoms with van der Waals surface area (Å²) in [5.74, 6) is 0. The SMILES string of the molecule is [B]P(CC(C)OCc1ccccc1)CC(C)OCc1ccccc1. The molecule has 0 spiro atoms. The molecule has 0 aliphatic carbocycles. The van der Waals surface area contributed by atoms with Gasteiger partial charge in [-0.3, -0.25) is 0 Å². The molecule has 0 fully saturated rings. The molecule has 24 heavy (non-hydrogen) atoms. The fraction of sp³-hybridized carbons (Fsp3) is 0.400. The molecule has 2 atom stereocenters. The van der Waals surface area contributed by atoms with Gasteiger partial charge >= 0.3 is 0 Å². The molecule has 0 aliphatic rings. The van der Waals surface area contributed by atoms with Gasteiger partial charge in [-0.25, -0.2) is 0 Å². The molecule has 2 radical (unpaired) electrons. The van der Waals surface area contributed by atoms with Crippen molar-refractivity contribution in [1.82, 2.24) is 0 Å². The van der Waals surface area contributed by atoms with E-state index >= 15 is 0 Å². The monoisotopic (exact) mass is 340 g/mol. The second-order valence-electron chi connectivity index (χ2n) is 6.17. The van der Waals surface area contributed by atoms with Crippen LogP contribution in [0.2, 0.25) is 0 Å². The number of hydrogen-bond donors (Lipinski definition) is 0. The molecule has 0 bridgehead atoms. The summed E-state index contributed by atoms with van der Waals surface area (Å²) in [7, 11) is 5.75. The smallest absolute Gasteiger partial charge is 0.109 e. The molecule has 0 amide bonds. The molecule has 126 valence electrons. The lowest BCUT2D eigenvalue weighted by Gasteiger charge is -2.22. The number of ether oxygens (including phenoxy) is 2. The van der Waals surface area contributed by atoms with E-state index < -0.39 is 7.80 Å². The second-order valence-corrected chi connectivity index (χ2v) is 8.08. The minimum Gasteiger partial charge on any atom is -0.373 e. The molecule has 4 heteroatoms. The topological polar surface area (TPSA) is 18.5 Å². The minimum absolute atomic E-state index is 0.169. The molecule has 2 aromatic rings. The fourth-order valence-corrected chi connectivity index (χ4v) is 4.15. The average molecular weight is 340 g/mol. The lowest BCUT2D eigenvalue weighted by Crippen LogP contribution is -2.18. The van der Waals surface area contributed by atoms with Gasteiger partial charge in [0, 0.05) is 0 Å². The third kappa shape index (κ3) is 7.62. The van der Waals surface area contributed by atoms with Crippen molar-refractivity contribution in [3.63, 3.8) is 0 Å². The Morgan fingerprint density at radius 1 is 0.750 bits per heavy atom. The molecule has 2 nitrogen and oxygen atoms in total. The van der Waals surface area contributed by atoms with E-state index in [9.17, 15) is 0 Å². The summed E-state index contributed by atoms with van der Waals surface area (Å²) in [5, 5.41) is 0. The first-order valence-corrected chi connectivity index (χ1v) is 10.2. The van der Waals surface area contributed by atoms with Crippen molar-refractivity contribution in [2.24, 2.45) is 0 Å². The van der Waals surface area contributed by atoms with Crippen LogP contribution in [0.5, 0.6) is 0 Å². The van der Waals surface area contributed by atoms with E-state index in [1.54, 1.807) is 0 Å². The van der Waals surface area contributed by atoms with Gasteiger partial charge in [-0.2, -0.15) is 7.80 Å². The van der Waals surface area contributed by atoms with E-state index in [0.717, 1.165) is 12.3 Å². The van der Waals surface area contributed by atoms with Crippen molar-refractivity contribution in [3.05, 3.63) is 71.8 Å². The van der Waals surface area contributed by atoms with Gasteiger partial charge in [0.1, 0.15) is 7.57 Å². The number of benzene rings is 2. The van der Waals surface area contributed by atoms with Crippen LogP contribution < -0.4 is 0 Å². The largest absolute Gasteiger partial charge is 0.373 e. The molecule has 0 aromatic heterocycles. The predicted octanol–water partition coefficient (Wildman–Crippen LogP) is 4.76. The van der Waals surface area contributed by atoms with Crippen molar-refractivity contribution in [2.45, 2.75) is 39.3 Å². The second kappa shape index (κ2) is 10.7. The Labute approximate surface area is 148 Å². The van der Waals surface area contributed by atoms with Crippen LogP contribution in [0.25, 0.3) is 0 Å². The summed E-state index contributed by atoms with van der Waals surface area (Å²) in [4.78, 5) is 0. The fourth-order valence-electron chi connectivity index (χ4n) is 2.47. The maximum atomic E-state index is 6.32. The van der Waals surface area contributed by atoms with Gasteiger partial charge in [-0.05, 0) is 37.3 Å². The summed E-state index contributed by atoms with van der Waals surface area (Å²) >= 11 is 0. The molecule has 0 aliphatic heterocycles. The molecular formula is C20H26BO2P. The van der Waals surface area contributed by atoms with E-state index in [1.165, 1.54) is 11.1 Å². The van der Waals surface area contributed by atoms with E-state index in [-0.39, 0.29) is 12.2 Å². The van der Waals surface area contributed by atoms with Crippen LogP contribution in [-0.2, 0) is 22.7 Å². The first-order valence-electron chi connectivity index (χ1n) is 8.44. The maximum Gasteiger partial charge on any atom is 0.109 e. The predicted molar refractivity (Wildman–Crippen MR) is 104 cm³/mol. The Morgan fingerprint density at radius 3 is 1.50 bits per heavy atom. The highest BCUT2D eigenvalue weighted by Crippen LogP contribution is 2.32. The van der Waals surface area contributed by atoms with E-state index in [0.29, 0.717) is 13.2 Å². The van der Waals surface area contributed by atoms with Crippen LogP contribution >= 0.6 is 7.80 Å². The highest BCUT2D eigenvalue weighted by molar-refractivity contribution is 7.82. The van der Waals surface area contributed by atoms with Crippen molar-refractivity contribution in [1.29, 1.82) is 0 Å². The quantitative estimate of drug-likeness (QED) is 0.458. The molecule has 0 N–H and O–H groups in total. The molecule has 0 saturated heterocycles. The van der Waals surface area contributed by atoms with Crippen LogP contribution in [0.3, 0.4) is 0 Å². The average Bonchev–Trinajstić information content (AvgIpc) is 2.60. The van der Waals surface area contributed by atoms with Gasteiger partial charge in [0.05, 0.1) is 25.4 Å². The van der Waals surface area contributed by atoms with Gasteiger partial charge in [-0.15, -0.1) is 0 Å². The number of rotatable bonds is 10. The first-order chi connectivity index (χ1) is 11.6. The summed E-state index contributed by atoms with van der Waals surface area (Å²) < 4.78 is 11.8.